The fraction of sp³-hybridized carbons (Fsp3) is 0.243. The normalized spacial score (nSPS) is 11.7. The van der Waals surface area contributed by atoms with Gasteiger partial charge in [-0.1, -0.05) is 402 Å². The molecule has 18 aromatic rings. The Morgan fingerprint density at radius 3 is 0.867 bits per heavy atom. The number of para-hydroxylation sites is 7. The minimum atomic E-state index is -0.220. The summed E-state index contributed by atoms with van der Waals surface area (Å²) in [4.78, 5) is 28.9. The molecule has 9 heteroatoms. The van der Waals surface area contributed by atoms with Crippen LogP contribution in [0.4, 0.5) is 0 Å². The van der Waals surface area contributed by atoms with Gasteiger partial charge in [-0.2, -0.15) is 0 Å². The van der Waals surface area contributed by atoms with Crippen LogP contribution >= 0.6 is 0 Å². The number of hydrogen-bond acceptors (Lipinski definition) is 6. The van der Waals surface area contributed by atoms with E-state index in [4.69, 9.17) is 19.9 Å². The lowest BCUT2D eigenvalue weighted by molar-refractivity contribution is 0.542. The van der Waals surface area contributed by atoms with Crippen molar-refractivity contribution in [2.24, 2.45) is 0 Å². The van der Waals surface area contributed by atoms with Crippen LogP contribution in [0, 0.1) is 0 Å². The van der Waals surface area contributed by atoms with Crippen molar-refractivity contribution in [3.8, 4) is 62.2 Å². The molecule has 0 aliphatic heterocycles. The molecule has 0 saturated heterocycles. The first-order chi connectivity index (χ1) is 55.9. The molecule has 18 rings (SSSR count). The van der Waals surface area contributed by atoms with E-state index in [2.05, 4.69) is 415 Å². The molecule has 0 fully saturated rings. The van der Waals surface area contributed by atoms with Crippen LogP contribution in [0.2, 0.25) is 0 Å². The van der Waals surface area contributed by atoms with E-state index in [-0.39, 0.29) is 54.8 Å². The lowest BCUT2D eigenvalue weighted by Gasteiger charge is -2.24. The third-order valence-electron chi connectivity index (χ3n) is 21.4. The molecule has 610 valence electrons. The minimum absolute atomic E-state index is 0. The average molecular weight is 1580 g/mol. The molecule has 0 spiro atoms. The predicted octanol–water partition coefficient (Wildman–Crippen LogP) is 30.5. The summed E-state index contributed by atoms with van der Waals surface area (Å²) in [6.07, 6.45) is 3.98. The zero-order chi connectivity index (χ0) is 82.6. The molecular formula is C111H121N9. The molecule has 0 aliphatic carbocycles. The number of benzene rings is 11. The third kappa shape index (κ3) is 19.3. The van der Waals surface area contributed by atoms with Crippen LogP contribution in [-0.2, 0) is 32.5 Å². The molecule has 9 nitrogen and oxygen atoms in total. The lowest BCUT2D eigenvalue weighted by atomic mass is 9.81. The Kier molecular flexibility index (Phi) is 26.6. The van der Waals surface area contributed by atoms with Gasteiger partial charge in [-0.15, -0.1) is 0 Å². The van der Waals surface area contributed by atoms with Gasteiger partial charge in [-0.25, -0.2) is 19.9 Å². The highest BCUT2D eigenvalue weighted by Gasteiger charge is 2.27. The van der Waals surface area contributed by atoms with E-state index in [1.54, 1.807) is 0 Å². The van der Waals surface area contributed by atoms with Gasteiger partial charge < -0.3 is 4.57 Å². The minimum Gasteiger partial charge on any atom is -0.309 e. The highest BCUT2D eigenvalue weighted by atomic mass is 15.2. The molecule has 0 bridgehead atoms. The van der Waals surface area contributed by atoms with Crippen LogP contribution in [0.25, 0.3) is 128 Å². The molecule has 0 radical (unpaired) electrons. The second-order valence-electron chi connectivity index (χ2n) is 36.5. The van der Waals surface area contributed by atoms with E-state index in [1.165, 1.54) is 82.4 Å². The van der Waals surface area contributed by atoms with Crippen molar-refractivity contribution in [3.05, 3.63) is 368 Å². The Morgan fingerprint density at radius 1 is 0.225 bits per heavy atom. The van der Waals surface area contributed by atoms with Gasteiger partial charge in [0, 0.05) is 95.0 Å². The SMILES string of the molecule is C.C.C.CC(C)(C)c1ccc(-c2ccccc2)nc1.CC(C)(C)c1ccc(C(C)(C)C)nc1.CC(C)(C)c1ccccc1-c1ccccc1-n1c2ccccc2c2ccccc21.CC(C)(C)c1nc(-c2ccccc2)cc(-c2ccccc2)n1.CC(C)(C)c1nc(-n2c3ccccc3c3ccccc32)cc(-n2c3ccccc3c3ccccc32)n1. The Hall–Kier alpha value is -12.7. The maximum absolute atomic E-state index is 5.16. The molecule has 0 amide bonds. The van der Waals surface area contributed by atoms with Crippen molar-refractivity contribution in [3.63, 3.8) is 0 Å². The summed E-state index contributed by atoms with van der Waals surface area (Å²) in [7, 11) is 0. The van der Waals surface area contributed by atoms with Gasteiger partial charge in [0.1, 0.15) is 23.3 Å². The molecule has 0 aliphatic rings. The maximum atomic E-state index is 5.16. The molecule has 7 aromatic heterocycles. The number of fused-ring (bicyclic) bond motifs is 9. The number of rotatable bonds is 7. The highest BCUT2D eigenvalue weighted by molar-refractivity contribution is 6.11. The molecule has 0 atom stereocenters. The molecule has 7 heterocycles. The maximum Gasteiger partial charge on any atom is 0.143 e. The first kappa shape index (κ1) is 88.1. The largest absolute Gasteiger partial charge is 0.309 e. The van der Waals surface area contributed by atoms with Crippen molar-refractivity contribution >= 4 is 65.4 Å². The fourth-order valence-electron chi connectivity index (χ4n) is 15.0. The summed E-state index contributed by atoms with van der Waals surface area (Å²) in [5.74, 6) is 3.44. The Morgan fingerprint density at radius 2 is 0.533 bits per heavy atom. The van der Waals surface area contributed by atoms with Crippen molar-refractivity contribution in [1.29, 1.82) is 0 Å². The molecule has 120 heavy (non-hydrogen) atoms. The number of pyridine rings is 2. The first-order valence-electron chi connectivity index (χ1n) is 40.9. The van der Waals surface area contributed by atoms with E-state index in [0.29, 0.717) is 0 Å². The van der Waals surface area contributed by atoms with Crippen LogP contribution < -0.4 is 0 Å². The van der Waals surface area contributed by atoms with Crippen molar-refractivity contribution in [1.82, 2.24) is 43.6 Å². The first-order valence-corrected chi connectivity index (χ1v) is 40.9. The number of nitrogens with zero attached hydrogens (tertiary/aromatic N) is 9. The van der Waals surface area contributed by atoms with Crippen LogP contribution in [0.1, 0.15) is 181 Å². The van der Waals surface area contributed by atoms with Crippen LogP contribution in [-0.4, -0.2) is 43.6 Å². The van der Waals surface area contributed by atoms with Gasteiger partial charge in [0.25, 0.3) is 0 Å². The monoisotopic (exact) mass is 1580 g/mol. The van der Waals surface area contributed by atoms with Gasteiger partial charge in [-0.3, -0.25) is 19.1 Å². The second-order valence-corrected chi connectivity index (χ2v) is 36.5. The smallest absolute Gasteiger partial charge is 0.143 e. The molecule has 0 saturated carbocycles. The predicted molar refractivity (Wildman–Crippen MR) is 516 cm³/mol. The van der Waals surface area contributed by atoms with Gasteiger partial charge in [-0.05, 0) is 99.2 Å². The van der Waals surface area contributed by atoms with Crippen LogP contribution in [0.3, 0.4) is 0 Å². The van der Waals surface area contributed by atoms with E-state index in [0.717, 1.165) is 79.3 Å². The zero-order valence-corrected chi connectivity index (χ0v) is 71.3. The summed E-state index contributed by atoms with van der Waals surface area (Å²) in [6.45, 7) is 39.6. The van der Waals surface area contributed by atoms with Crippen LogP contribution in [0.15, 0.2) is 334 Å². The summed E-state index contributed by atoms with van der Waals surface area (Å²) in [5.41, 5.74) is 22.6. The molecular weight excluding hydrogens is 1460 g/mol. The van der Waals surface area contributed by atoms with E-state index < -0.39 is 0 Å². The quantitative estimate of drug-likeness (QED) is 0.158. The molecule has 11 aromatic carbocycles. The summed E-state index contributed by atoms with van der Waals surface area (Å²) < 4.78 is 6.97. The van der Waals surface area contributed by atoms with Gasteiger partial charge in [0.05, 0.1) is 55.9 Å². The van der Waals surface area contributed by atoms with E-state index in [9.17, 15) is 0 Å². The van der Waals surface area contributed by atoms with Gasteiger partial charge in [0.15, 0.2) is 0 Å². The summed E-state index contributed by atoms with van der Waals surface area (Å²) >= 11 is 0. The van der Waals surface area contributed by atoms with E-state index in [1.807, 2.05) is 67.0 Å². The van der Waals surface area contributed by atoms with Crippen molar-refractivity contribution in [2.75, 3.05) is 0 Å². The van der Waals surface area contributed by atoms with Crippen molar-refractivity contribution in [2.45, 2.75) is 179 Å². The molecule has 0 unspecified atom stereocenters. The van der Waals surface area contributed by atoms with Gasteiger partial charge >= 0.3 is 0 Å². The lowest BCUT2D eigenvalue weighted by Crippen LogP contribution is -2.19. The van der Waals surface area contributed by atoms with Crippen molar-refractivity contribution < 1.29 is 0 Å². The fourth-order valence-corrected chi connectivity index (χ4v) is 15.0. The Balaban J connectivity index is 0.000000152. The standard InChI is InChI=1S/C32H26N4.C28H25N.C20H20N2.C15H17N.C13H21N.3CH4/c1-32(2,3)31-33-29(35-25-16-8-4-12-21(25)22-13-5-9-17-26(22)35)20-30(34-31)36-27-18-10-6-14-23(27)24-15-7-11-19-28(24)36;1-28(2,3)24-16-8-4-12-20(24)21-13-5-9-17-25(21)29-26-18-10-6-14-22(26)23-15-7-11-19-27(23)29;1-20(2,3)19-21-17(15-10-6-4-7-11-15)14-18(22-19)16-12-8-5-9-13-16;1-15(2,3)13-9-10-14(16-11-13)12-7-5-4-6-8-12;1-12(2,3)10-7-8-11(14-9-10)13(4,5)6;;;/h4-20H,1-3H3;4-19H,1-3H3;4-14H,1-3H3;4-11H,1-3H3;7-9H,1-6H3;3*1H4. The summed E-state index contributed by atoms with van der Waals surface area (Å²) in [6, 6.07) is 113. The average Bonchev–Trinajstić information content (AvgIpc) is 1.58. The second kappa shape index (κ2) is 36.2. The Labute approximate surface area is 714 Å². The topological polar surface area (TPSA) is 92.1 Å². The molecule has 0 N–H and O–H groups in total. The highest BCUT2D eigenvalue weighted by Crippen LogP contribution is 2.42. The summed E-state index contributed by atoms with van der Waals surface area (Å²) in [5, 5.41) is 7.48. The van der Waals surface area contributed by atoms with E-state index >= 15 is 0 Å². The Bertz CT molecular complexity index is 6080. The van der Waals surface area contributed by atoms with Crippen LogP contribution in [0.5, 0.6) is 0 Å². The van der Waals surface area contributed by atoms with Gasteiger partial charge in [0.2, 0.25) is 0 Å². The number of hydrogen-bond donors (Lipinski definition) is 0. The number of aromatic nitrogens is 9. The zero-order valence-electron chi connectivity index (χ0n) is 71.3. The third-order valence-corrected chi connectivity index (χ3v) is 21.4.